The number of rotatable bonds is 6. The zero-order valence-corrected chi connectivity index (χ0v) is 13.2. The summed E-state index contributed by atoms with van der Waals surface area (Å²) in [5.74, 6) is 1.63. The lowest BCUT2D eigenvalue weighted by atomic mass is 10.0. The zero-order chi connectivity index (χ0) is 14.1. The first-order valence-electron chi connectivity index (χ1n) is 6.51. The Balaban J connectivity index is 0. The predicted molar refractivity (Wildman–Crippen MR) is 78.1 cm³/mol. The lowest BCUT2D eigenvalue weighted by Gasteiger charge is -2.03. The first-order valence-corrected chi connectivity index (χ1v) is 8.33. The molecule has 0 amide bonds. The highest BCUT2D eigenvalue weighted by Gasteiger charge is 2.08. The van der Waals surface area contributed by atoms with Crippen LogP contribution < -0.4 is 0 Å². The molecule has 0 unspecified atom stereocenters. The maximum absolute atomic E-state index is 10.8. The highest BCUT2D eigenvalue weighted by atomic mass is 32.2. The van der Waals surface area contributed by atoms with Crippen LogP contribution >= 0.6 is 0 Å². The van der Waals surface area contributed by atoms with Gasteiger partial charge in [0.25, 0.3) is 0 Å². The Bertz CT molecular complexity index is 287. The van der Waals surface area contributed by atoms with Crippen molar-refractivity contribution in [3.8, 4) is 0 Å². The lowest BCUT2D eigenvalue weighted by molar-refractivity contribution is 0.583. The van der Waals surface area contributed by atoms with Gasteiger partial charge in [-0.05, 0) is 24.7 Å². The third-order valence-electron chi connectivity index (χ3n) is 2.22. The Morgan fingerprint density at radius 2 is 1.53 bits per heavy atom. The van der Waals surface area contributed by atoms with Crippen molar-refractivity contribution >= 4 is 9.84 Å². The van der Waals surface area contributed by atoms with Crippen molar-refractivity contribution < 1.29 is 8.42 Å². The van der Waals surface area contributed by atoms with Crippen LogP contribution in [0.5, 0.6) is 0 Å². The molecule has 0 saturated carbocycles. The highest BCUT2D eigenvalue weighted by molar-refractivity contribution is 7.91. The van der Waals surface area contributed by atoms with Gasteiger partial charge in [0.1, 0.15) is 9.84 Å². The maximum atomic E-state index is 10.8. The molecule has 0 aromatic heterocycles. The van der Waals surface area contributed by atoms with Crippen LogP contribution in [-0.2, 0) is 9.84 Å². The third kappa shape index (κ3) is 15.7. The second-order valence-corrected chi connectivity index (χ2v) is 7.69. The van der Waals surface area contributed by atoms with Gasteiger partial charge in [0.2, 0.25) is 0 Å². The predicted octanol–water partition coefficient (Wildman–Crippen LogP) is 4.08. The Hall–Kier alpha value is -0.310. The summed E-state index contributed by atoms with van der Waals surface area (Å²) in [4.78, 5) is 0. The molecule has 0 aromatic carbocycles. The summed E-state index contributed by atoms with van der Waals surface area (Å²) in [5, 5.41) is 0. The first kappa shape index (κ1) is 19.0. The zero-order valence-electron chi connectivity index (χ0n) is 12.4. The molecule has 0 aliphatic rings. The summed E-state index contributed by atoms with van der Waals surface area (Å²) in [7, 11) is -2.72. The van der Waals surface area contributed by atoms with Crippen LogP contribution in [0.1, 0.15) is 54.4 Å². The van der Waals surface area contributed by atoms with Gasteiger partial charge in [-0.1, -0.05) is 53.7 Å². The van der Waals surface area contributed by atoms with Crippen molar-refractivity contribution in [2.75, 3.05) is 11.5 Å². The lowest BCUT2D eigenvalue weighted by Crippen LogP contribution is -2.13. The summed E-state index contributed by atoms with van der Waals surface area (Å²) < 4.78 is 21.6. The van der Waals surface area contributed by atoms with Crippen LogP contribution in [-0.4, -0.2) is 19.9 Å². The molecule has 0 fully saturated rings. The molecular formula is C14H30O2S. The maximum Gasteiger partial charge on any atom is 0.150 e. The Morgan fingerprint density at radius 3 is 1.65 bits per heavy atom. The fourth-order valence-corrected chi connectivity index (χ4v) is 2.60. The summed E-state index contributed by atoms with van der Waals surface area (Å²) in [6, 6.07) is 0. The molecule has 0 aromatic rings. The van der Waals surface area contributed by atoms with E-state index in [9.17, 15) is 8.42 Å². The second-order valence-electron chi connectivity index (χ2n) is 5.29. The van der Waals surface area contributed by atoms with Crippen molar-refractivity contribution in [1.29, 1.82) is 0 Å². The summed E-state index contributed by atoms with van der Waals surface area (Å²) in [6.07, 6.45) is 2.33. The van der Waals surface area contributed by atoms with Gasteiger partial charge in [-0.15, -0.1) is 0 Å². The molecule has 17 heavy (non-hydrogen) atoms. The van der Waals surface area contributed by atoms with Crippen LogP contribution in [0.4, 0.5) is 0 Å². The molecule has 0 radical (unpaired) electrons. The van der Waals surface area contributed by atoms with Gasteiger partial charge < -0.3 is 0 Å². The molecule has 0 aliphatic heterocycles. The van der Waals surface area contributed by atoms with E-state index in [1.54, 1.807) is 6.92 Å². The largest absolute Gasteiger partial charge is 0.229 e. The minimum Gasteiger partial charge on any atom is -0.229 e. The van der Waals surface area contributed by atoms with Crippen LogP contribution in [0.25, 0.3) is 0 Å². The van der Waals surface area contributed by atoms with Gasteiger partial charge in [0.05, 0.1) is 5.75 Å². The van der Waals surface area contributed by atoms with Crippen molar-refractivity contribution in [3.63, 3.8) is 0 Å². The second kappa shape index (κ2) is 9.69. The first-order chi connectivity index (χ1) is 7.64. The standard InChI is InChI=1S/C8H16.C6H14O2S/c1-5-8(4)6-7(2)3;1-4-9(7,8)5-6(2)3/h7H,4-6H2,1-3H3;6H,4-5H2,1-3H3. The molecule has 0 spiro atoms. The van der Waals surface area contributed by atoms with E-state index in [1.165, 1.54) is 12.0 Å². The number of hydrogen-bond donors (Lipinski definition) is 0. The van der Waals surface area contributed by atoms with Gasteiger partial charge in [-0.2, -0.15) is 0 Å². The van der Waals surface area contributed by atoms with Gasteiger partial charge in [-0.25, -0.2) is 8.42 Å². The van der Waals surface area contributed by atoms with Gasteiger partial charge in [0.15, 0.2) is 0 Å². The number of sulfone groups is 1. The van der Waals surface area contributed by atoms with Gasteiger partial charge in [-0.3, -0.25) is 0 Å². The topological polar surface area (TPSA) is 34.1 Å². The summed E-state index contributed by atoms with van der Waals surface area (Å²) in [5.41, 5.74) is 1.38. The number of allylic oxidation sites excluding steroid dienone is 1. The Morgan fingerprint density at radius 1 is 1.06 bits per heavy atom. The van der Waals surface area contributed by atoms with E-state index in [1.807, 2.05) is 13.8 Å². The quantitative estimate of drug-likeness (QED) is 0.676. The molecule has 0 atom stereocenters. The Labute approximate surface area is 108 Å². The van der Waals surface area contributed by atoms with Crippen molar-refractivity contribution in [3.05, 3.63) is 12.2 Å². The average Bonchev–Trinajstić information content (AvgIpc) is 2.16. The van der Waals surface area contributed by atoms with Crippen molar-refractivity contribution in [2.24, 2.45) is 11.8 Å². The van der Waals surface area contributed by atoms with E-state index in [4.69, 9.17) is 0 Å². The van der Waals surface area contributed by atoms with Crippen molar-refractivity contribution in [1.82, 2.24) is 0 Å². The molecule has 0 rings (SSSR count). The SMILES string of the molecule is C=C(CC)CC(C)C.CCS(=O)(=O)CC(C)C. The molecule has 104 valence electrons. The smallest absolute Gasteiger partial charge is 0.150 e. The molecule has 2 nitrogen and oxygen atoms in total. The molecule has 0 bridgehead atoms. The van der Waals surface area contributed by atoms with Crippen LogP contribution in [0.15, 0.2) is 12.2 Å². The monoisotopic (exact) mass is 262 g/mol. The van der Waals surface area contributed by atoms with E-state index in [0.717, 1.165) is 12.3 Å². The molecule has 0 N–H and O–H groups in total. The fraction of sp³-hybridized carbons (Fsp3) is 0.857. The van der Waals surface area contributed by atoms with Crippen LogP contribution in [0.2, 0.25) is 0 Å². The van der Waals surface area contributed by atoms with Crippen LogP contribution in [0, 0.1) is 11.8 Å². The van der Waals surface area contributed by atoms with E-state index in [0.29, 0.717) is 5.75 Å². The minimum absolute atomic E-state index is 0.259. The summed E-state index contributed by atoms with van der Waals surface area (Å²) >= 11 is 0. The van der Waals surface area contributed by atoms with Gasteiger partial charge in [0, 0.05) is 5.75 Å². The highest BCUT2D eigenvalue weighted by Crippen LogP contribution is 2.10. The summed E-state index contributed by atoms with van der Waals surface area (Å²) in [6.45, 7) is 16.0. The van der Waals surface area contributed by atoms with E-state index >= 15 is 0 Å². The molecular weight excluding hydrogens is 232 g/mol. The van der Waals surface area contributed by atoms with E-state index < -0.39 is 9.84 Å². The van der Waals surface area contributed by atoms with E-state index in [-0.39, 0.29) is 11.7 Å². The molecule has 0 aliphatic carbocycles. The van der Waals surface area contributed by atoms with Crippen LogP contribution in [0.3, 0.4) is 0 Å². The fourth-order valence-electron chi connectivity index (χ4n) is 1.35. The van der Waals surface area contributed by atoms with Gasteiger partial charge >= 0.3 is 0 Å². The molecule has 0 saturated heterocycles. The molecule has 3 heteroatoms. The normalized spacial score (nSPS) is 11.3. The average molecular weight is 262 g/mol. The third-order valence-corrected chi connectivity index (χ3v) is 4.28. The minimum atomic E-state index is -2.72. The van der Waals surface area contributed by atoms with Crippen molar-refractivity contribution in [2.45, 2.75) is 54.4 Å². The Kier molecular flexibility index (Phi) is 10.9. The number of hydrogen-bond acceptors (Lipinski definition) is 2. The molecule has 0 heterocycles. The van der Waals surface area contributed by atoms with E-state index in [2.05, 4.69) is 27.4 Å².